The van der Waals surface area contributed by atoms with Crippen LogP contribution in [-0.4, -0.2) is 19.8 Å². The summed E-state index contributed by atoms with van der Waals surface area (Å²) in [6.07, 6.45) is 0. The van der Waals surface area contributed by atoms with Gasteiger partial charge in [0.2, 0.25) is 0 Å². The number of halogens is 1. The molecule has 2 aromatic rings. The van der Waals surface area contributed by atoms with Gasteiger partial charge in [0, 0.05) is 0 Å². The van der Waals surface area contributed by atoms with E-state index < -0.39 is 9.85 Å². The molecule has 0 saturated carbocycles. The van der Waals surface area contributed by atoms with Crippen molar-refractivity contribution in [3.05, 3.63) is 24.3 Å². The monoisotopic (exact) mass is 166 g/mol. The highest BCUT2D eigenvalue weighted by Crippen LogP contribution is 2.04. The zero-order chi connectivity index (χ0) is 7.68. The highest BCUT2D eigenvalue weighted by Gasteiger charge is 1.99. The summed E-state index contributed by atoms with van der Waals surface area (Å²) in [5, 5.41) is 0. The summed E-state index contributed by atoms with van der Waals surface area (Å²) in [5.74, 6) is 0. The molecule has 0 fully saturated rings. The molecule has 0 spiro atoms. The first-order valence-electron chi connectivity index (χ1n) is 3.40. The second kappa shape index (κ2) is 2.47. The molecule has 1 aromatic heterocycles. The minimum absolute atomic E-state index is 0.534. The maximum absolute atomic E-state index is 12.2. The van der Waals surface area contributed by atoms with Crippen molar-refractivity contribution in [2.24, 2.45) is 0 Å². The smallest absolute Gasteiger partial charge is 0.287 e. The summed E-state index contributed by atoms with van der Waals surface area (Å²) < 4.78 is 12.2. The van der Waals surface area contributed by atoms with Crippen LogP contribution in [0.3, 0.4) is 0 Å². The number of aromatic nitrogens is 2. The van der Waals surface area contributed by atoms with Gasteiger partial charge in [-0.2, -0.15) is 0 Å². The fourth-order valence-corrected chi connectivity index (χ4v) is 1.56. The van der Waals surface area contributed by atoms with Gasteiger partial charge in [-0.3, -0.25) is 0 Å². The molecule has 1 heterocycles. The molecule has 0 atom stereocenters. The Morgan fingerprint density at radius 3 is 2.91 bits per heavy atom. The van der Waals surface area contributed by atoms with E-state index in [1.54, 1.807) is 0 Å². The quantitative estimate of drug-likeness (QED) is 0.477. The minimum atomic E-state index is -1.63. The lowest BCUT2D eigenvalue weighted by Gasteiger charge is -1.81. The summed E-state index contributed by atoms with van der Waals surface area (Å²) in [6.45, 7) is 0. The number of imidazole rings is 1. The van der Waals surface area contributed by atoms with Crippen LogP contribution in [0.5, 0.6) is 0 Å². The van der Waals surface area contributed by atoms with Crippen LogP contribution in [0.1, 0.15) is 0 Å². The van der Waals surface area contributed by atoms with Crippen LogP contribution in [0.2, 0.25) is 0 Å². The molecule has 0 amide bonds. The molecule has 1 N–H and O–H groups in total. The number of fused-ring (bicyclic) bond motifs is 1. The van der Waals surface area contributed by atoms with Gasteiger partial charge in [-0.1, -0.05) is 12.1 Å². The molecule has 56 valence electrons. The van der Waals surface area contributed by atoms with E-state index in [0.717, 1.165) is 11.0 Å². The largest absolute Gasteiger partial charge is 0.344 e. The van der Waals surface area contributed by atoms with Crippen molar-refractivity contribution in [2.75, 3.05) is 0 Å². The number of benzene rings is 1. The summed E-state index contributed by atoms with van der Waals surface area (Å²) in [6, 6.07) is 7.58. The Bertz CT molecular complexity index is 338. The van der Waals surface area contributed by atoms with E-state index in [9.17, 15) is 4.11 Å². The molecule has 0 bridgehead atoms. The third-order valence-corrected chi connectivity index (χ3v) is 2.15. The minimum Gasteiger partial charge on any atom is -0.344 e. The first kappa shape index (κ1) is 6.54. The molecule has 4 heteroatoms. The molecule has 0 unspecified atom stereocenters. The molecule has 0 aliphatic rings. The van der Waals surface area contributed by atoms with E-state index in [-0.39, 0.29) is 0 Å². The Balaban J connectivity index is 2.69. The van der Waals surface area contributed by atoms with Gasteiger partial charge in [0.1, 0.15) is 5.45 Å². The normalized spacial score (nSPS) is 11.7. The lowest BCUT2D eigenvalue weighted by atomic mass is 10.3. The van der Waals surface area contributed by atoms with Gasteiger partial charge in [0.25, 0.3) is 9.85 Å². The molecule has 1 aromatic carbocycles. The van der Waals surface area contributed by atoms with Gasteiger partial charge in [0.15, 0.2) is 0 Å². The molecule has 0 radical (unpaired) electrons. The number of aromatic amines is 1. The number of hydrogen-bond donors (Lipinski definition) is 1. The molecule has 11 heavy (non-hydrogen) atoms. The van der Waals surface area contributed by atoms with Gasteiger partial charge in [0.05, 0.1) is 11.0 Å². The van der Waals surface area contributed by atoms with E-state index in [4.69, 9.17) is 0 Å². The Hall–Kier alpha value is -1.16. The van der Waals surface area contributed by atoms with E-state index >= 15 is 0 Å². The fraction of sp³-hybridized carbons (Fsp3) is 0. The predicted octanol–water partition coefficient (Wildman–Crippen LogP) is 0.241. The molecule has 0 aliphatic carbocycles. The molecular weight excluding hydrogens is 159 g/mol. The Morgan fingerprint density at radius 2 is 2.18 bits per heavy atom. The zero-order valence-electron chi connectivity index (χ0n) is 5.84. The van der Waals surface area contributed by atoms with Gasteiger partial charge in [-0.05, 0) is 12.1 Å². The standard InChI is InChI=1S/C7H7FN2Si/c8-11-7-9-5-3-1-2-4-6(5)10-7/h1-4H,11H2,(H,9,10). The maximum Gasteiger partial charge on any atom is 0.287 e. The first-order chi connectivity index (χ1) is 5.40. The van der Waals surface area contributed by atoms with Crippen molar-refractivity contribution in [3.8, 4) is 0 Å². The first-order valence-corrected chi connectivity index (χ1v) is 4.64. The van der Waals surface area contributed by atoms with Crippen LogP contribution in [0, 0.1) is 0 Å². The lowest BCUT2D eigenvalue weighted by molar-refractivity contribution is 0.880. The van der Waals surface area contributed by atoms with Crippen molar-refractivity contribution in [2.45, 2.75) is 0 Å². The highest BCUT2D eigenvalue weighted by atomic mass is 28.3. The van der Waals surface area contributed by atoms with Gasteiger partial charge in [-0.25, -0.2) is 4.98 Å². The average molecular weight is 166 g/mol. The van der Waals surface area contributed by atoms with Crippen molar-refractivity contribution in [1.82, 2.24) is 9.97 Å². The Morgan fingerprint density at radius 1 is 1.36 bits per heavy atom. The number of H-pyrrole nitrogens is 1. The lowest BCUT2D eigenvalue weighted by Crippen LogP contribution is -2.13. The average Bonchev–Trinajstić information content (AvgIpc) is 2.46. The van der Waals surface area contributed by atoms with Crippen molar-refractivity contribution >= 4 is 26.3 Å². The third-order valence-electron chi connectivity index (χ3n) is 1.56. The van der Waals surface area contributed by atoms with E-state index in [1.807, 2.05) is 24.3 Å². The Labute approximate surface area is 65.5 Å². The highest BCUT2D eigenvalue weighted by molar-refractivity contribution is 6.44. The molecule has 0 aliphatic heterocycles. The maximum atomic E-state index is 12.2. The van der Waals surface area contributed by atoms with Crippen molar-refractivity contribution in [1.29, 1.82) is 0 Å². The molecular formula is C7H7FN2Si. The summed E-state index contributed by atoms with van der Waals surface area (Å²) in [5.41, 5.74) is 2.31. The van der Waals surface area contributed by atoms with Gasteiger partial charge < -0.3 is 9.09 Å². The predicted molar refractivity (Wildman–Crippen MR) is 45.4 cm³/mol. The molecule has 0 saturated heterocycles. The Kier molecular flexibility index (Phi) is 1.47. The van der Waals surface area contributed by atoms with Crippen LogP contribution in [0.4, 0.5) is 4.11 Å². The van der Waals surface area contributed by atoms with E-state index in [0.29, 0.717) is 5.45 Å². The molecule has 2 rings (SSSR count). The number of hydrogen-bond acceptors (Lipinski definition) is 1. The van der Waals surface area contributed by atoms with Crippen LogP contribution >= 0.6 is 0 Å². The molecule has 2 nitrogen and oxygen atoms in total. The fourth-order valence-electron chi connectivity index (χ4n) is 1.07. The number of nitrogens with one attached hydrogen (secondary N) is 1. The second-order valence-electron chi connectivity index (χ2n) is 2.33. The van der Waals surface area contributed by atoms with Crippen molar-refractivity contribution < 1.29 is 4.11 Å². The SMILES string of the molecule is F[SiH2]c1nc2ccccc2[nH]1. The van der Waals surface area contributed by atoms with Crippen molar-refractivity contribution in [3.63, 3.8) is 0 Å². The number of para-hydroxylation sites is 2. The van der Waals surface area contributed by atoms with Gasteiger partial charge in [-0.15, -0.1) is 0 Å². The zero-order valence-corrected chi connectivity index (χ0v) is 7.26. The third kappa shape index (κ3) is 1.05. The van der Waals surface area contributed by atoms with Crippen LogP contribution in [-0.2, 0) is 0 Å². The van der Waals surface area contributed by atoms with Crippen LogP contribution in [0.15, 0.2) is 24.3 Å². The van der Waals surface area contributed by atoms with Crippen LogP contribution < -0.4 is 5.45 Å². The summed E-state index contributed by atoms with van der Waals surface area (Å²) >= 11 is 0. The van der Waals surface area contributed by atoms with Crippen LogP contribution in [0.25, 0.3) is 11.0 Å². The second-order valence-corrected chi connectivity index (χ2v) is 3.27. The van der Waals surface area contributed by atoms with Gasteiger partial charge >= 0.3 is 0 Å². The van der Waals surface area contributed by atoms with E-state index in [1.165, 1.54) is 0 Å². The van der Waals surface area contributed by atoms with E-state index in [2.05, 4.69) is 9.97 Å². The number of nitrogens with zero attached hydrogens (tertiary/aromatic N) is 1. The summed E-state index contributed by atoms with van der Waals surface area (Å²) in [4.78, 5) is 6.98. The summed E-state index contributed by atoms with van der Waals surface area (Å²) in [7, 11) is -1.63. The number of rotatable bonds is 1. The topological polar surface area (TPSA) is 28.7 Å².